The minimum absolute atomic E-state index is 0.0630. The number of carboxylic acids is 1. The maximum absolute atomic E-state index is 12.5. The van der Waals surface area contributed by atoms with Crippen molar-refractivity contribution in [1.29, 1.82) is 0 Å². The van der Waals surface area contributed by atoms with Crippen molar-refractivity contribution in [3.8, 4) is 11.5 Å². The van der Waals surface area contributed by atoms with Crippen LogP contribution >= 0.6 is 0 Å². The lowest BCUT2D eigenvalue weighted by molar-refractivity contribution is -0.139. The molecule has 0 radical (unpaired) electrons. The molecule has 0 aliphatic heterocycles. The van der Waals surface area contributed by atoms with Gasteiger partial charge in [0.2, 0.25) is 5.89 Å². The van der Waals surface area contributed by atoms with Crippen LogP contribution in [0, 0.1) is 6.92 Å². The summed E-state index contributed by atoms with van der Waals surface area (Å²) in [5, 5.41) is 11.7. The topological polar surface area (TPSA) is 102 Å². The molecule has 0 bridgehead atoms. The number of nitrogens with zero attached hydrogens (tertiary/aromatic N) is 1. The van der Waals surface area contributed by atoms with Crippen molar-refractivity contribution in [2.24, 2.45) is 0 Å². The van der Waals surface area contributed by atoms with Crippen LogP contribution in [-0.4, -0.2) is 41.2 Å². The number of oxazole rings is 1. The molecule has 0 aliphatic carbocycles. The number of hydrogen-bond acceptors (Lipinski definition) is 5. The van der Waals surface area contributed by atoms with Crippen molar-refractivity contribution >= 4 is 11.9 Å². The van der Waals surface area contributed by atoms with Crippen molar-refractivity contribution in [1.82, 2.24) is 10.3 Å². The van der Waals surface area contributed by atoms with Gasteiger partial charge in [0.15, 0.2) is 5.69 Å². The van der Waals surface area contributed by atoms with Crippen molar-refractivity contribution in [2.75, 3.05) is 13.7 Å². The lowest BCUT2D eigenvalue weighted by Gasteiger charge is -2.28. The first-order valence-corrected chi connectivity index (χ1v) is 7.41. The Balaban J connectivity index is 2.23. The highest BCUT2D eigenvalue weighted by Crippen LogP contribution is 2.22. The molecule has 0 fully saturated rings. The van der Waals surface area contributed by atoms with E-state index in [2.05, 4.69) is 10.3 Å². The maximum Gasteiger partial charge on any atom is 0.305 e. The lowest BCUT2D eigenvalue weighted by Crippen LogP contribution is -2.51. The van der Waals surface area contributed by atoms with Gasteiger partial charge in [-0.1, -0.05) is 18.2 Å². The van der Waals surface area contributed by atoms with Gasteiger partial charge in [-0.3, -0.25) is 9.59 Å². The van der Waals surface area contributed by atoms with Gasteiger partial charge in [0, 0.05) is 12.7 Å². The minimum Gasteiger partial charge on any atom is -0.481 e. The fourth-order valence-electron chi connectivity index (χ4n) is 2.43. The lowest BCUT2D eigenvalue weighted by atomic mass is 9.98. The zero-order valence-electron chi connectivity index (χ0n) is 13.8. The normalized spacial score (nSPS) is 13.3. The minimum atomic E-state index is -1.05. The fraction of sp³-hybridized carbons (Fsp3) is 0.353. The number of aryl methyl sites for hydroxylation is 1. The summed E-state index contributed by atoms with van der Waals surface area (Å²) in [6.45, 7) is 3.31. The van der Waals surface area contributed by atoms with E-state index < -0.39 is 17.4 Å². The van der Waals surface area contributed by atoms with Gasteiger partial charge in [-0.15, -0.1) is 0 Å². The number of benzene rings is 1. The zero-order valence-corrected chi connectivity index (χ0v) is 13.8. The Morgan fingerprint density at radius 1 is 1.33 bits per heavy atom. The molecule has 1 amide bonds. The molecule has 0 saturated heterocycles. The second kappa shape index (κ2) is 7.27. The molecule has 128 valence electrons. The molecule has 2 aromatic rings. The third-order valence-electron chi connectivity index (χ3n) is 3.45. The van der Waals surface area contributed by atoms with E-state index in [0.29, 0.717) is 11.7 Å². The molecule has 2 rings (SSSR count). The molecule has 1 aromatic carbocycles. The summed E-state index contributed by atoms with van der Waals surface area (Å²) in [4.78, 5) is 27.8. The van der Waals surface area contributed by atoms with Gasteiger partial charge in [0.05, 0.1) is 18.6 Å². The van der Waals surface area contributed by atoms with E-state index >= 15 is 0 Å². The van der Waals surface area contributed by atoms with Gasteiger partial charge in [-0.25, -0.2) is 4.98 Å². The third-order valence-corrected chi connectivity index (χ3v) is 3.45. The Kier molecular flexibility index (Phi) is 5.35. The Bertz CT molecular complexity index is 726. The second-order valence-electron chi connectivity index (χ2n) is 5.81. The van der Waals surface area contributed by atoms with Gasteiger partial charge in [0.25, 0.3) is 5.91 Å². The predicted octanol–water partition coefficient (Wildman–Crippen LogP) is 2.26. The number of aliphatic carboxylic acids is 1. The Hall–Kier alpha value is -2.67. The highest BCUT2D eigenvalue weighted by atomic mass is 16.5. The average molecular weight is 332 g/mol. The van der Waals surface area contributed by atoms with Crippen LogP contribution in [0.5, 0.6) is 0 Å². The van der Waals surface area contributed by atoms with E-state index in [0.717, 1.165) is 5.56 Å². The van der Waals surface area contributed by atoms with Gasteiger partial charge in [-0.2, -0.15) is 0 Å². The molecule has 0 aliphatic rings. The number of carbonyl (C=O) groups excluding carboxylic acids is 1. The molecule has 0 spiro atoms. The monoisotopic (exact) mass is 332 g/mol. The van der Waals surface area contributed by atoms with Crippen LogP contribution in [-0.2, 0) is 9.53 Å². The van der Waals surface area contributed by atoms with Crippen molar-refractivity contribution < 1.29 is 23.8 Å². The van der Waals surface area contributed by atoms with Crippen LogP contribution in [0.4, 0.5) is 0 Å². The predicted molar refractivity (Wildman–Crippen MR) is 86.7 cm³/mol. The Morgan fingerprint density at radius 2 is 2.00 bits per heavy atom. The van der Waals surface area contributed by atoms with Crippen LogP contribution in [0.3, 0.4) is 0 Å². The highest BCUT2D eigenvalue weighted by Gasteiger charge is 2.31. The smallest absolute Gasteiger partial charge is 0.305 e. The van der Waals surface area contributed by atoms with E-state index in [1.54, 1.807) is 13.8 Å². The summed E-state index contributed by atoms with van der Waals surface area (Å²) in [6, 6.07) is 9.21. The zero-order chi connectivity index (χ0) is 17.7. The molecule has 1 atom stereocenters. The number of rotatable bonds is 7. The number of carboxylic acid groups (broad SMARTS) is 1. The maximum atomic E-state index is 12.5. The van der Waals surface area contributed by atoms with Crippen LogP contribution in [0.25, 0.3) is 11.5 Å². The van der Waals surface area contributed by atoms with E-state index in [4.69, 9.17) is 14.3 Å². The number of nitrogens with one attached hydrogen (secondary N) is 1. The number of amides is 1. The standard InChI is InChI=1S/C17H20N2O5/c1-11-14(18-16(24-11)12-7-5-4-6-8-12)15(22)19-17(2,10-23-3)9-13(20)21/h4-8H,9-10H2,1-3H3,(H,19,22)(H,20,21). The number of aromatic nitrogens is 1. The van der Waals surface area contributed by atoms with Gasteiger partial charge >= 0.3 is 5.97 Å². The summed E-state index contributed by atoms with van der Waals surface area (Å²) < 4.78 is 10.6. The Morgan fingerprint density at radius 3 is 2.58 bits per heavy atom. The second-order valence-corrected chi connectivity index (χ2v) is 5.81. The van der Waals surface area contributed by atoms with Crippen molar-refractivity contribution in [2.45, 2.75) is 25.8 Å². The van der Waals surface area contributed by atoms with Crippen LogP contribution < -0.4 is 5.32 Å². The van der Waals surface area contributed by atoms with E-state index in [1.165, 1.54) is 7.11 Å². The largest absolute Gasteiger partial charge is 0.481 e. The first-order chi connectivity index (χ1) is 11.3. The fourth-order valence-corrected chi connectivity index (χ4v) is 2.43. The summed E-state index contributed by atoms with van der Waals surface area (Å²) in [7, 11) is 1.45. The summed E-state index contributed by atoms with van der Waals surface area (Å²) in [6.07, 6.45) is -0.269. The molecule has 7 heteroatoms. The number of hydrogen-bond donors (Lipinski definition) is 2. The quantitative estimate of drug-likeness (QED) is 0.806. The van der Waals surface area contributed by atoms with Gasteiger partial charge < -0.3 is 19.6 Å². The summed E-state index contributed by atoms with van der Waals surface area (Å²) in [5.41, 5.74) is -0.165. The molecule has 1 unspecified atom stereocenters. The SMILES string of the molecule is COCC(C)(CC(=O)O)NC(=O)c1nc(-c2ccccc2)oc1C. The van der Waals surface area contributed by atoms with Crippen molar-refractivity contribution in [3.63, 3.8) is 0 Å². The summed E-state index contributed by atoms with van der Waals surface area (Å²) in [5.74, 6) is -0.831. The number of methoxy groups -OCH3 is 1. The van der Waals surface area contributed by atoms with E-state index in [1.807, 2.05) is 30.3 Å². The van der Waals surface area contributed by atoms with Crippen LogP contribution in [0.2, 0.25) is 0 Å². The van der Waals surface area contributed by atoms with Gasteiger partial charge in [0.1, 0.15) is 5.76 Å². The molecule has 7 nitrogen and oxygen atoms in total. The van der Waals surface area contributed by atoms with Crippen LogP contribution in [0.1, 0.15) is 29.6 Å². The van der Waals surface area contributed by atoms with Gasteiger partial charge in [-0.05, 0) is 26.0 Å². The Labute approximate surface area is 139 Å². The molecular weight excluding hydrogens is 312 g/mol. The highest BCUT2D eigenvalue weighted by molar-refractivity contribution is 5.94. The first kappa shape index (κ1) is 17.7. The van der Waals surface area contributed by atoms with Crippen LogP contribution in [0.15, 0.2) is 34.7 Å². The molecule has 1 heterocycles. The molecule has 0 saturated carbocycles. The van der Waals surface area contributed by atoms with E-state index in [9.17, 15) is 9.59 Å². The molecule has 1 aromatic heterocycles. The average Bonchev–Trinajstić information content (AvgIpc) is 2.89. The van der Waals surface area contributed by atoms with Crippen molar-refractivity contribution in [3.05, 3.63) is 41.8 Å². The first-order valence-electron chi connectivity index (χ1n) is 7.41. The molecule has 24 heavy (non-hydrogen) atoms. The number of carbonyl (C=O) groups is 2. The number of ether oxygens (including phenoxy) is 1. The molecular formula is C17H20N2O5. The summed E-state index contributed by atoms with van der Waals surface area (Å²) >= 11 is 0. The third kappa shape index (κ3) is 4.20. The molecule has 2 N–H and O–H groups in total. The van der Waals surface area contributed by atoms with E-state index in [-0.39, 0.29) is 18.7 Å².